The van der Waals surface area contributed by atoms with Crippen molar-refractivity contribution in [2.45, 2.75) is 65.3 Å². The number of nitrogens with one attached hydrogen (secondary N) is 2. The number of likely N-dealkylation sites (tertiary alicyclic amines) is 1. The van der Waals surface area contributed by atoms with E-state index in [1.165, 1.54) is 4.90 Å². The van der Waals surface area contributed by atoms with Gasteiger partial charge in [-0.3, -0.25) is 24.1 Å². The fourth-order valence-electron chi connectivity index (χ4n) is 2.89. The molecule has 2 rings (SSSR count). The van der Waals surface area contributed by atoms with E-state index in [-0.39, 0.29) is 51.7 Å². The third-order valence-corrected chi connectivity index (χ3v) is 4.18. The number of carbonyl (C=O) groups is 5. The Morgan fingerprint density at radius 1 is 1.17 bits per heavy atom. The molecular weight excluding hydrogens is 392 g/mol. The monoisotopic (exact) mass is 428 g/mol. The van der Waals surface area contributed by atoms with Gasteiger partial charge in [-0.25, -0.2) is 4.79 Å². The van der Waals surface area contributed by atoms with Crippen molar-refractivity contribution < 1.29 is 34.3 Å². The molecular formula is C20H32N4O6. The lowest BCUT2D eigenvalue weighted by Crippen LogP contribution is -2.46. The lowest BCUT2D eigenvalue weighted by Gasteiger charge is -2.30. The van der Waals surface area contributed by atoms with Crippen molar-refractivity contribution in [2.75, 3.05) is 26.2 Å². The molecule has 0 aliphatic carbocycles. The van der Waals surface area contributed by atoms with Crippen LogP contribution in [-0.4, -0.2) is 71.7 Å². The topological polar surface area (TPSA) is 125 Å². The zero-order valence-corrected chi connectivity index (χ0v) is 17.6. The quantitative estimate of drug-likeness (QED) is 0.500. The molecule has 30 heavy (non-hydrogen) atoms. The second-order valence-electron chi connectivity index (χ2n) is 8.11. The predicted molar refractivity (Wildman–Crippen MR) is 106 cm³/mol. The van der Waals surface area contributed by atoms with Gasteiger partial charge in [0.25, 0.3) is 11.8 Å². The lowest BCUT2D eigenvalue weighted by atomic mass is 9.95. The fraction of sp³-hybridized carbons (Fsp3) is 0.750. The zero-order chi connectivity index (χ0) is 25.9. The number of rotatable bonds is 9. The number of nitrogens with zero attached hydrogens (tertiary/aromatic N) is 2. The summed E-state index contributed by atoms with van der Waals surface area (Å²) in [7, 11) is 0. The Morgan fingerprint density at radius 3 is 2.43 bits per heavy atom. The smallest absolute Gasteiger partial charge is 0.334 e. The Hall–Kier alpha value is -2.49. The fourth-order valence-corrected chi connectivity index (χ4v) is 2.89. The van der Waals surface area contributed by atoms with Crippen molar-refractivity contribution in [3.05, 3.63) is 0 Å². The summed E-state index contributed by atoms with van der Waals surface area (Å²) in [5.74, 6) is -3.50. The average molecular weight is 429 g/mol. The highest BCUT2D eigenvalue weighted by Gasteiger charge is 2.33. The molecule has 0 saturated carbocycles. The average Bonchev–Trinajstić information content (AvgIpc) is 3.17. The molecule has 2 unspecified atom stereocenters. The number of hydrogen-bond acceptors (Lipinski definition) is 7. The Kier molecular flexibility index (Phi) is 6.41. The summed E-state index contributed by atoms with van der Waals surface area (Å²) in [6, 6.07) is -2.31. The zero-order valence-electron chi connectivity index (χ0n) is 21.6. The maximum absolute atomic E-state index is 12.8. The molecule has 2 fully saturated rings. The minimum Gasteiger partial charge on any atom is -0.355 e. The van der Waals surface area contributed by atoms with E-state index in [1.54, 1.807) is 20.8 Å². The first-order chi connectivity index (χ1) is 15.6. The van der Waals surface area contributed by atoms with Gasteiger partial charge in [0, 0.05) is 43.0 Å². The van der Waals surface area contributed by atoms with Gasteiger partial charge >= 0.3 is 5.97 Å². The van der Waals surface area contributed by atoms with Crippen LogP contribution < -0.4 is 10.6 Å². The molecule has 0 bridgehead atoms. The summed E-state index contributed by atoms with van der Waals surface area (Å²) >= 11 is 0. The van der Waals surface area contributed by atoms with E-state index in [0.717, 1.165) is 0 Å². The molecule has 2 saturated heterocycles. The molecule has 10 nitrogen and oxygen atoms in total. The van der Waals surface area contributed by atoms with Crippen LogP contribution in [0.5, 0.6) is 0 Å². The molecule has 0 aromatic heterocycles. The Bertz CT molecular complexity index is 833. The van der Waals surface area contributed by atoms with Crippen LogP contribution >= 0.6 is 0 Å². The van der Waals surface area contributed by atoms with Gasteiger partial charge in [0.15, 0.2) is 0 Å². The Balaban J connectivity index is 1.79. The number of amides is 4. The minimum absolute atomic E-state index is 0.0217. The highest BCUT2D eigenvalue weighted by atomic mass is 16.7. The Labute approximate surface area is 182 Å². The van der Waals surface area contributed by atoms with Crippen LogP contribution in [0.25, 0.3) is 0 Å². The standard InChI is InChI=1S/C20H32N4O6/c1-20(2,3)13-23-12-4-5-14(23)19(29)22-10-8-15(25)21-11-9-18(28)30-24-16(26)6-7-17(24)27/h14H,4-13H2,1-3H3,(H,21,25)(H,22,29)/i5D2,13D,14D. The van der Waals surface area contributed by atoms with E-state index in [2.05, 4.69) is 15.5 Å². The number of hydroxylamine groups is 2. The van der Waals surface area contributed by atoms with E-state index >= 15 is 0 Å². The van der Waals surface area contributed by atoms with Crippen molar-refractivity contribution in [3.8, 4) is 0 Å². The van der Waals surface area contributed by atoms with Gasteiger partial charge in [-0.15, -0.1) is 5.06 Å². The second-order valence-corrected chi connectivity index (χ2v) is 8.11. The van der Waals surface area contributed by atoms with Crippen LogP contribution in [0.3, 0.4) is 0 Å². The third-order valence-electron chi connectivity index (χ3n) is 4.18. The summed E-state index contributed by atoms with van der Waals surface area (Å²) in [4.78, 5) is 65.3. The van der Waals surface area contributed by atoms with Crippen molar-refractivity contribution in [1.29, 1.82) is 0 Å². The first-order valence-electron chi connectivity index (χ1n) is 12.0. The van der Waals surface area contributed by atoms with Crippen molar-refractivity contribution in [1.82, 2.24) is 20.6 Å². The second kappa shape index (κ2) is 10.5. The molecule has 0 spiro atoms. The molecule has 168 valence electrons. The molecule has 2 heterocycles. The van der Waals surface area contributed by atoms with E-state index < -0.39 is 53.9 Å². The van der Waals surface area contributed by atoms with E-state index in [9.17, 15) is 24.0 Å². The molecule has 0 radical (unpaired) electrons. The first-order valence-corrected chi connectivity index (χ1v) is 9.92. The van der Waals surface area contributed by atoms with Crippen molar-refractivity contribution >= 4 is 29.6 Å². The van der Waals surface area contributed by atoms with Crippen LogP contribution in [0.1, 0.15) is 64.7 Å². The van der Waals surface area contributed by atoms with Gasteiger partial charge in [0.1, 0.15) is 0 Å². The molecule has 0 aromatic carbocycles. The largest absolute Gasteiger partial charge is 0.355 e. The molecule has 2 atom stereocenters. The van der Waals surface area contributed by atoms with Gasteiger partial charge < -0.3 is 15.5 Å². The normalized spacial score (nSPS) is 27.0. The molecule has 2 aliphatic heterocycles. The number of hydrogen-bond donors (Lipinski definition) is 2. The van der Waals surface area contributed by atoms with Crippen LogP contribution in [-0.2, 0) is 28.8 Å². The number of carbonyl (C=O) groups excluding carboxylic acids is 5. The SMILES string of the molecule is [2H]C(N1CCC([2H])([2H])C1([2H])C(=O)NCCC(=O)NCCC(=O)ON1C(=O)CCC1=O)C(C)(C)C. The summed E-state index contributed by atoms with van der Waals surface area (Å²) < 4.78 is 33.4. The molecule has 2 N–H and O–H groups in total. The van der Waals surface area contributed by atoms with Gasteiger partial charge in [0.05, 0.1) is 13.8 Å². The van der Waals surface area contributed by atoms with Crippen LogP contribution in [0.4, 0.5) is 0 Å². The van der Waals surface area contributed by atoms with E-state index in [1.807, 2.05) is 0 Å². The first kappa shape index (κ1) is 18.3. The molecule has 0 aromatic rings. The van der Waals surface area contributed by atoms with Gasteiger partial charge in [0.2, 0.25) is 11.8 Å². The van der Waals surface area contributed by atoms with E-state index in [0.29, 0.717) is 5.06 Å². The summed E-state index contributed by atoms with van der Waals surface area (Å²) in [5, 5.41) is 5.27. The van der Waals surface area contributed by atoms with Crippen molar-refractivity contribution in [2.24, 2.45) is 5.41 Å². The molecule has 4 amide bonds. The molecule has 10 heteroatoms. The van der Waals surface area contributed by atoms with Gasteiger partial charge in [-0.2, -0.15) is 0 Å². The highest BCUT2D eigenvalue weighted by molar-refractivity contribution is 6.01. The summed E-state index contributed by atoms with van der Waals surface area (Å²) in [6.07, 6.45) is -2.76. The third kappa shape index (κ3) is 7.40. The number of imide groups is 1. The summed E-state index contributed by atoms with van der Waals surface area (Å²) in [6.45, 7) is 4.14. The predicted octanol–water partition coefficient (Wildman–Crippen LogP) is 0.117. The van der Waals surface area contributed by atoms with Crippen LogP contribution in [0.2, 0.25) is 0 Å². The minimum atomic E-state index is -2.31. The van der Waals surface area contributed by atoms with Gasteiger partial charge in [-0.1, -0.05) is 20.8 Å². The lowest BCUT2D eigenvalue weighted by molar-refractivity contribution is -0.197. The van der Waals surface area contributed by atoms with Gasteiger partial charge in [-0.05, 0) is 24.8 Å². The maximum Gasteiger partial charge on any atom is 0.334 e. The summed E-state index contributed by atoms with van der Waals surface area (Å²) in [5.41, 5.74) is -0.608. The van der Waals surface area contributed by atoms with E-state index in [4.69, 9.17) is 5.48 Å². The van der Waals surface area contributed by atoms with Crippen LogP contribution in [0, 0.1) is 5.41 Å². The van der Waals surface area contributed by atoms with Crippen molar-refractivity contribution in [3.63, 3.8) is 0 Å². The van der Waals surface area contributed by atoms with Crippen LogP contribution in [0.15, 0.2) is 0 Å². The highest BCUT2D eigenvalue weighted by Crippen LogP contribution is 2.23. The molecule has 2 aliphatic rings. The maximum atomic E-state index is 12.8. The Morgan fingerprint density at radius 2 is 1.80 bits per heavy atom.